The van der Waals surface area contributed by atoms with Crippen LogP contribution in [0.3, 0.4) is 0 Å². The molecule has 0 aromatic heterocycles. The van der Waals surface area contributed by atoms with Crippen molar-refractivity contribution in [2.45, 2.75) is 19.4 Å². The van der Waals surface area contributed by atoms with E-state index in [4.69, 9.17) is 0 Å². The van der Waals surface area contributed by atoms with E-state index in [2.05, 4.69) is 5.32 Å². The molecule has 2 rings (SSSR count). The average Bonchev–Trinajstić information content (AvgIpc) is 2.46. The number of piperazine rings is 1. The van der Waals surface area contributed by atoms with Gasteiger partial charge < -0.3 is 10.2 Å². The highest BCUT2D eigenvalue weighted by Gasteiger charge is 2.34. The van der Waals surface area contributed by atoms with Crippen LogP contribution in [-0.2, 0) is 4.79 Å². The third-order valence-corrected chi connectivity index (χ3v) is 3.31. The summed E-state index contributed by atoms with van der Waals surface area (Å²) in [5, 5.41) is 13.7. The predicted octanol–water partition coefficient (Wildman–Crippen LogP) is 0.945. The van der Waals surface area contributed by atoms with Crippen LogP contribution in [0.4, 0.5) is 5.69 Å². The first-order chi connectivity index (χ1) is 9.56. The molecule has 1 aromatic carbocycles. The number of nitrogens with zero attached hydrogens (tertiary/aromatic N) is 2. The van der Waals surface area contributed by atoms with Gasteiger partial charge in [0, 0.05) is 19.2 Å². The maximum absolute atomic E-state index is 12.5. The van der Waals surface area contributed by atoms with Crippen molar-refractivity contribution < 1.29 is 14.5 Å². The molecule has 7 nitrogen and oxygen atoms in total. The molecule has 0 spiro atoms. The van der Waals surface area contributed by atoms with E-state index in [1.807, 2.05) is 0 Å². The van der Waals surface area contributed by atoms with Crippen LogP contribution >= 0.6 is 0 Å². The van der Waals surface area contributed by atoms with E-state index in [0.29, 0.717) is 19.5 Å². The minimum absolute atomic E-state index is 0.0191. The van der Waals surface area contributed by atoms with Crippen LogP contribution in [0.25, 0.3) is 0 Å². The van der Waals surface area contributed by atoms with Crippen molar-refractivity contribution >= 4 is 17.5 Å². The van der Waals surface area contributed by atoms with Gasteiger partial charge in [0.15, 0.2) is 0 Å². The van der Waals surface area contributed by atoms with E-state index in [0.717, 1.165) is 0 Å². The summed E-state index contributed by atoms with van der Waals surface area (Å²) in [6.07, 6.45) is 0.470. The molecule has 20 heavy (non-hydrogen) atoms. The molecule has 0 aliphatic carbocycles. The van der Waals surface area contributed by atoms with Crippen molar-refractivity contribution in [3.8, 4) is 0 Å². The smallest absolute Gasteiger partial charge is 0.282 e. The lowest BCUT2D eigenvalue weighted by atomic mass is 10.1. The highest BCUT2D eigenvalue weighted by atomic mass is 16.6. The Morgan fingerprint density at radius 3 is 2.85 bits per heavy atom. The highest BCUT2D eigenvalue weighted by Crippen LogP contribution is 2.22. The van der Waals surface area contributed by atoms with Gasteiger partial charge in [-0.25, -0.2) is 0 Å². The molecule has 7 heteroatoms. The molecular weight excluding hydrogens is 262 g/mol. The standard InChI is InChI=1S/C13H15N3O4/c1-2-10-12(17)14-7-8-15(10)13(18)9-5-3-4-6-11(9)16(19)20/h3-6,10H,2,7-8H2,1H3,(H,14,17). The zero-order valence-corrected chi connectivity index (χ0v) is 11.0. The summed E-state index contributed by atoms with van der Waals surface area (Å²) >= 11 is 0. The number of rotatable bonds is 3. The number of carbonyl (C=O) groups is 2. The van der Waals surface area contributed by atoms with E-state index in [-0.39, 0.29) is 17.2 Å². The van der Waals surface area contributed by atoms with E-state index in [1.165, 1.54) is 23.1 Å². The number of carbonyl (C=O) groups excluding carboxylic acids is 2. The Balaban J connectivity index is 2.35. The summed E-state index contributed by atoms with van der Waals surface area (Å²) < 4.78 is 0. The van der Waals surface area contributed by atoms with Crippen LogP contribution in [0, 0.1) is 10.1 Å². The largest absolute Gasteiger partial charge is 0.353 e. The normalized spacial score (nSPS) is 18.6. The lowest BCUT2D eigenvalue weighted by Crippen LogP contribution is -2.56. The molecule has 0 radical (unpaired) electrons. The number of nitrogens with one attached hydrogen (secondary N) is 1. The van der Waals surface area contributed by atoms with E-state index in [1.54, 1.807) is 13.0 Å². The second-order valence-corrected chi connectivity index (χ2v) is 4.49. The van der Waals surface area contributed by atoms with Gasteiger partial charge in [-0.05, 0) is 12.5 Å². The van der Waals surface area contributed by atoms with Crippen molar-refractivity contribution in [1.82, 2.24) is 10.2 Å². The van der Waals surface area contributed by atoms with Crippen molar-refractivity contribution in [3.63, 3.8) is 0 Å². The molecule has 0 saturated carbocycles. The van der Waals surface area contributed by atoms with Crippen molar-refractivity contribution in [2.24, 2.45) is 0 Å². The third kappa shape index (κ3) is 2.47. The Hall–Kier alpha value is -2.44. The van der Waals surface area contributed by atoms with Crippen LogP contribution in [0.5, 0.6) is 0 Å². The van der Waals surface area contributed by atoms with E-state index < -0.39 is 16.9 Å². The summed E-state index contributed by atoms with van der Waals surface area (Å²) in [5.41, 5.74) is -0.219. The molecule has 1 aromatic rings. The van der Waals surface area contributed by atoms with Crippen LogP contribution in [0.2, 0.25) is 0 Å². The topological polar surface area (TPSA) is 92.6 Å². The van der Waals surface area contributed by atoms with Gasteiger partial charge in [-0.1, -0.05) is 19.1 Å². The van der Waals surface area contributed by atoms with Crippen LogP contribution in [0.15, 0.2) is 24.3 Å². The van der Waals surface area contributed by atoms with Crippen molar-refractivity contribution in [2.75, 3.05) is 13.1 Å². The number of amides is 2. The molecular formula is C13H15N3O4. The van der Waals surface area contributed by atoms with Gasteiger partial charge in [-0.2, -0.15) is 0 Å². The maximum Gasteiger partial charge on any atom is 0.282 e. The minimum atomic E-state index is -0.585. The van der Waals surface area contributed by atoms with Gasteiger partial charge in [0.25, 0.3) is 11.6 Å². The van der Waals surface area contributed by atoms with E-state index in [9.17, 15) is 19.7 Å². The van der Waals surface area contributed by atoms with Crippen LogP contribution in [-0.4, -0.2) is 40.8 Å². The van der Waals surface area contributed by atoms with Gasteiger partial charge in [-0.3, -0.25) is 19.7 Å². The van der Waals surface area contributed by atoms with Gasteiger partial charge >= 0.3 is 0 Å². The Labute approximate surface area is 115 Å². The molecule has 1 fully saturated rings. The molecule has 1 atom stereocenters. The summed E-state index contributed by atoms with van der Waals surface area (Å²) in [6, 6.07) is 5.22. The first kappa shape index (κ1) is 14.0. The van der Waals surface area contributed by atoms with Crippen molar-refractivity contribution in [1.29, 1.82) is 0 Å². The number of nitro benzene ring substituents is 1. The minimum Gasteiger partial charge on any atom is -0.353 e. The Morgan fingerprint density at radius 1 is 1.50 bits per heavy atom. The lowest BCUT2D eigenvalue weighted by molar-refractivity contribution is -0.385. The molecule has 1 heterocycles. The second-order valence-electron chi connectivity index (χ2n) is 4.49. The highest BCUT2D eigenvalue weighted by molar-refractivity contribution is 6.01. The molecule has 1 aliphatic rings. The van der Waals surface area contributed by atoms with Gasteiger partial charge in [-0.15, -0.1) is 0 Å². The quantitative estimate of drug-likeness (QED) is 0.657. The third-order valence-electron chi connectivity index (χ3n) is 3.31. The zero-order valence-electron chi connectivity index (χ0n) is 11.0. The summed E-state index contributed by atoms with van der Waals surface area (Å²) in [4.78, 5) is 36.0. The molecule has 1 N–H and O–H groups in total. The lowest BCUT2D eigenvalue weighted by Gasteiger charge is -2.34. The molecule has 106 valence electrons. The van der Waals surface area contributed by atoms with Crippen LogP contribution in [0.1, 0.15) is 23.7 Å². The summed E-state index contributed by atoms with van der Waals surface area (Å²) in [7, 11) is 0. The second kappa shape index (κ2) is 5.68. The van der Waals surface area contributed by atoms with Gasteiger partial charge in [0.1, 0.15) is 11.6 Å². The number of benzene rings is 1. The van der Waals surface area contributed by atoms with Gasteiger partial charge in [0.05, 0.1) is 4.92 Å². The average molecular weight is 277 g/mol. The predicted molar refractivity (Wildman–Crippen MR) is 71.2 cm³/mol. The monoisotopic (exact) mass is 277 g/mol. The fourth-order valence-corrected chi connectivity index (χ4v) is 2.33. The van der Waals surface area contributed by atoms with Crippen LogP contribution < -0.4 is 5.32 Å². The first-order valence-corrected chi connectivity index (χ1v) is 6.38. The molecule has 1 saturated heterocycles. The first-order valence-electron chi connectivity index (χ1n) is 6.38. The maximum atomic E-state index is 12.5. The van der Waals surface area contributed by atoms with Gasteiger partial charge in [0.2, 0.25) is 5.91 Å². The zero-order chi connectivity index (χ0) is 14.7. The SMILES string of the molecule is CCC1C(=O)NCCN1C(=O)c1ccccc1[N+](=O)[O-]. The number of hydrogen-bond donors (Lipinski definition) is 1. The molecule has 2 amide bonds. The molecule has 1 aliphatic heterocycles. The summed E-state index contributed by atoms with van der Waals surface area (Å²) in [5.74, 6) is -0.690. The fourth-order valence-electron chi connectivity index (χ4n) is 2.33. The number of para-hydroxylation sites is 1. The molecule has 0 bridgehead atoms. The Bertz CT molecular complexity index is 558. The molecule has 1 unspecified atom stereocenters. The Morgan fingerprint density at radius 2 is 2.20 bits per heavy atom. The number of nitro groups is 1. The number of hydrogen-bond acceptors (Lipinski definition) is 4. The summed E-state index contributed by atoms with van der Waals surface area (Å²) in [6.45, 7) is 2.52. The van der Waals surface area contributed by atoms with Crippen molar-refractivity contribution in [3.05, 3.63) is 39.9 Å². The fraction of sp³-hybridized carbons (Fsp3) is 0.385. The Kier molecular flexibility index (Phi) is 3.97. The van der Waals surface area contributed by atoms with E-state index >= 15 is 0 Å².